The molecule has 2 amide bonds. The number of nitrogens with one attached hydrogen (secondary N) is 1. The molecule has 16 heavy (non-hydrogen) atoms. The van der Waals surface area contributed by atoms with Crippen molar-refractivity contribution in [3.8, 4) is 0 Å². The van der Waals surface area contributed by atoms with E-state index in [1.807, 2.05) is 30.3 Å². The second kappa shape index (κ2) is 5.90. The first-order valence-corrected chi connectivity index (χ1v) is 5.27. The average Bonchev–Trinajstić information content (AvgIpc) is 2.25. The lowest BCUT2D eigenvalue weighted by Crippen LogP contribution is -2.26. The van der Waals surface area contributed by atoms with Crippen molar-refractivity contribution in [1.29, 1.82) is 0 Å². The normalized spacial score (nSPS) is 11.6. The third kappa shape index (κ3) is 4.13. The first kappa shape index (κ1) is 12.2. The number of rotatable bonds is 4. The summed E-state index contributed by atoms with van der Waals surface area (Å²) in [4.78, 5) is 10.6. The van der Waals surface area contributed by atoms with Crippen molar-refractivity contribution in [1.82, 2.24) is 5.43 Å². The van der Waals surface area contributed by atoms with Gasteiger partial charge in [-0.05, 0) is 17.9 Å². The predicted octanol–water partition coefficient (Wildman–Crippen LogP) is 2.11. The number of nitrogens with zero attached hydrogens (tertiary/aromatic N) is 1. The van der Waals surface area contributed by atoms with Gasteiger partial charge in [-0.1, -0.05) is 44.2 Å². The van der Waals surface area contributed by atoms with Crippen LogP contribution in [0, 0.1) is 5.92 Å². The van der Waals surface area contributed by atoms with E-state index < -0.39 is 6.03 Å². The smallest absolute Gasteiger partial charge is 0.332 e. The number of hydrogen-bond donors (Lipinski definition) is 2. The maximum absolute atomic E-state index is 10.6. The van der Waals surface area contributed by atoms with Crippen LogP contribution >= 0.6 is 0 Å². The monoisotopic (exact) mass is 219 g/mol. The van der Waals surface area contributed by atoms with Crippen LogP contribution in [0.4, 0.5) is 4.79 Å². The van der Waals surface area contributed by atoms with Crippen LogP contribution < -0.4 is 11.2 Å². The van der Waals surface area contributed by atoms with E-state index in [9.17, 15) is 4.79 Å². The Morgan fingerprint density at radius 2 is 2.00 bits per heavy atom. The summed E-state index contributed by atoms with van der Waals surface area (Å²) in [5.41, 5.74) is 9.12. The highest BCUT2D eigenvalue weighted by atomic mass is 16.2. The van der Waals surface area contributed by atoms with Gasteiger partial charge in [-0.2, -0.15) is 5.10 Å². The average molecular weight is 219 g/mol. The summed E-state index contributed by atoms with van der Waals surface area (Å²) in [7, 11) is 0. The summed E-state index contributed by atoms with van der Waals surface area (Å²) in [6, 6.07) is 9.11. The van der Waals surface area contributed by atoms with Crippen molar-refractivity contribution in [2.75, 3.05) is 0 Å². The molecular weight excluding hydrogens is 202 g/mol. The SMILES string of the molecule is CC(C)C/C(=N\NC(N)=O)c1ccccc1. The van der Waals surface area contributed by atoms with E-state index in [1.54, 1.807) is 0 Å². The number of carbonyl (C=O) groups is 1. The molecule has 0 bridgehead atoms. The molecule has 0 radical (unpaired) electrons. The standard InChI is InChI=1S/C12H17N3O/c1-9(2)8-11(14-15-12(13)16)10-6-4-3-5-7-10/h3-7,9H,8H2,1-2H3,(H3,13,15,16)/b14-11+. The second-order valence-corrected chi connectivity index (χ2v) is 4.00. The highest BCUT2D eigenvalue weighted by Gasteiger charge is 2.06. The number of urea groups is 1. The minimum absolute atomic E-state index is 0.466. The van der Waals surface area contributed by atoms with Gasteiger partial charge in [0.2, 0.25) is 0 Å². The maximum Gasteiger partial charge on any atom is 0.332 e. The fourth-order valence-electron chi connectivity index (χ4n) is 1.37. The van der Waals surface area contributed by atoms with E-state index >= 15 is 0 Å². The molecule has 1 rings (SSSR count). The van der Waals surface area contributed by atoms with Gasteiger partial charge >= 0.3 is 6.03 Å². The zero-order valence-corrected chi connectivity index (χ0v) is 9.60. The topological polar surface area (TPSA) is 67.5 Å². The van der Waals surface area contributed by atoms with Crippen LogP contribution in [0.3, 0.4) is 0 Å². The van der Waals surface area contributed by atoms with Gasteiger partial charge in [0, 0.05) is 0 Å². The highest BCUT2D eigenvalue weighted by Crippen LogP contribution is 2.09. The molecule has 0 aromatic heterocycles. The molecule has 86 valence electrons. The molecule has 0 fully saturated rings. The van der Waals surface area contributed by atoms with Crippen molar-refractivity contribution in [3.05, 3.63) is 35.9 Å². The lowest BCUT2D eigenvalue weighted by Gasteiger charge is -2.09. The first-order chi connectivity index (χ1) is 7.59. The molecule has 0 atom stereocenters. The summed E-state index contributed by atoms with van der Waals surface area (Å²) in [5.74, 6) is 0.466. The lowest BCUT2D eigenvalue weighted by atomic mass is 10.0. The third-order valence-corrected chi connectivity index (χ3v) is 2.01. The van der Waals surface area contributed by atoms with Gasteiger partial charge in [0.15, 0.2) is 0 Å². The largest absolute Gasteiger partial charge is 0.350 e. The molecule has 1 aromatic carbocycles. The number of carbonyl (C=O) groups excluding carboxylic acids is 1. The van der Waals surface area contributed by atoms with Crippen molar-refractivity contribution >= 4 is 11.7 Å². The fourth-order valence-corrected chi connectivity index (χ4v) is 1.37. The van der Waals surface area contributed by atoms with Gasteiger partial charge in [0.25, 0.3) is 0 Å². The Labute approximate surface area is 95.5 Å². The molecule has 0 spiro atoms. The van der Waals surface area contributed by atoms with Crippen LogP contribution in [0.15, 0.2) is 35.4 Å². The summed E-state index contributed by atoms with van der Waals surface area (Å²) >= 11 is 0. The number of nitrogens with two attached hydrogens (primary N) is 1. The molecule has 0 aliphatic rings. The molecule has 4 nitrogen and oxygen atoms in total. The molecule has 0 saturated carbocycles. The van der Waals surface area contributed by atoms with Gasteiger partial charge in [-0.3, -0.25) is 0 Å². The van der Waals surface area contributed by atoms with Crippen molar-refractivity contribution in [2.24, 2.45) is 16.8 Å². The Bertz CT molecular complexity index is 371. The van der Waals surface area contributed by atoms with Crippen molar-refractivity contribution < 1.29 is 4.79 Å². The molecule has 0 aliphatic heterocycles. The molecule has 1 aromatic rings. The van der Waals surface area contributed by atoms with Crippen LogP contribution in [-0.2, 0) is 0 Å². The summed E-state index contributed by atoms with van der Waals surface area (Å²) < 4.78 is 0. The van der Waals surface area contributed by atoms with E-state index in [0.717, 1.165) is 17.7 Å². The van der Waals surface area contributed by atoms with Gasteiger partial charge in [-0.15, -0.1) is 0 Å². The van der Waals surface area contributed by atoms with Crippen molar-refractivity contribution in [2.45, 2.75) is 20.3 Å². The Morgan fingerprint density at radius 1 is 1.38 bits per heavy atom. The van der Waals surface area contributed by atoms with Crippen molar-refractivity contribution in [3.63, 3.8) is 0 Å². The lowest BCUT2D eigenvalue weighted by molar-refractivity contribution is 0.249. The van der Waals surface area contributed by atoms with E-state index in [0.29, 0.717) is 5.92 Å². The third-order valence-electron chi connectivity index (χ3n) is 2.01. The second-order valence-electron chi connectivity index (χ2n) is 4.00. The molecule has 4 heteroatoms. The zero-order chi connectivity index (χ0) is 12.0. The molecule has 0 unspecified atom stereocenters. The summed E-state index contributed by atoms with van der Waals surface area (Å²) in [6.45, 7) is 4.20. The van der Waals surface area contributed by atoms with E-state index in [2.05, 4.69) is 24.4 Å². The van der Waals surface area contributed by atoms with Gasteiger partial charge in [0.1, 0.15) is 0 Å². The van der Waals surface area contributed by atoms with Crippen LogP contribution in [0.5, 0.6) is 0 Å². The highest BCUT2D eigenvalue weighted by molar-refractivity contribution is 6.01. The number of hydrazone groups is 1. The van der Waals surface area contributed by atoms with E-state index in [4.69, 9.17) is 5.73 Å². The van der Waals surface area contributed by atoms with Crippen LogP contribution in [0.25, 0.3) is 0 Å². The number of primary amides is 1. The summed E-state index contributed by atoms with van der Waals surface area (Å²) in [5, 5.41) is 4.03. The molecule has 0 saturated heterocycles. The minimum atomic E-state index is -0.641. The fraction of sp³-hybridized carbons (Fsp3) is 0.333. The Morgan fingerprint density at radius 3 is 2.50 bits per heavy atom. The van der Waals surface area contributed by atoms with Gasteiger partial charge < -0.3 is 5.73 Å². The van der Waals surface area contributed by atoms with E-state index in [1.165, 1.54) is 0 Å². The first-order valence-electron chi connectivity index (χ1n) is 5.27. The minimum Gasteiger partial charge on any atom is -0.350 e. The van der Waals surface area contributed by atoms with Crippen LogP contribution in [0.2, 0.25) is 0 Å². The Balaban J connectivity index is 2.87. The van der Waals surface area contributed by atoms with Crippen LogP contribution in [0.1, 0.15) is 25.8 Å². The molecule has 0 heterocycles. The van der Waals surface area contributed by atoms with Gasteiger partial charge in [-0.25, -0.2) is 10.2 Å². The van der Waals surface area contributed by atoms with Crippen LogP contribution in [-0.4, -0.2) is 11.7 Å². The molecule has 3 N–H and O–H groups in total. The Hall–Kier alpha value is -1.84. The number of hydrogen-bond acceptors (Lipinski definition) is 2. The van der Waals surface area contributed by atoms with Gasteiger partial charge in [0.05, 0.1) is 5.71 Å². The zero-order valence-electron chi connectivity index (χ0n) is 9.60. The Kier molecular flexibility index (Phi) is 4.51. The number of benzene rings is 1. The summed E-state index contributed by atoms with van der Waals surface area (Å²) in [6.07, 6.45) is 0.796. The molecule has 0 aliphatic carbocycles. The number of amides is 2. The van der Waals surface area contributed by atoms with E-state index in [-0.39, 0.29) is 0 Å². The molecular formula is C12H17N3O. The quantitative estimate of drug-likeness (QED) is 0.591. The maximum atomic E-state index is 10.6. The predicted molar refractivity (Wildman–Crippen MR) is 65.2 cm³/mol.